The fourth-order valence-corrected chi connectivity index (χ4v) is 4.54. The van der Waals surface area contributed by atoms with Crippen LogP contribution in [0.2, 0.25) is 0 Å². The molecule has 3 heteroatoms. The summed E-state index contributed by atoms with van der Waals surface area (Å²) < 4.78 is 0. The fourth-order valence-electron chi connectivity index (χ4n) is 4.54. The zero-order valence-electron chi connectivity index (χ0n) is 14.8. The minimum absolute atomic E-state index is 0.0318. The molecule has 2 fully saturated rings. The Labute approximate surface area is 150 Å². The Morgan fingerprint density at radius 1 is 1.04 bits per heavy atom. The summed E-state index contributed by atoms with van der Waals surface area (Å²) in [5, 5.41) is 3.10. The van der Waals surface area contributed by atoms with Crippen LogP contribution >= 0.6 is 0 Å². The van der Waals surface area contributed by atoms with Crippen molar-refractivity contribution in [1.29, 1.82) is 0 Å². The highest BCUT2D eigenvalue weighted by atomic mass is 16.2. The van der Waals surface area contributed by atoms with Crippen LogP contribution in [0.25, 0.3) is 0 Å². The smallest absolute Gasteiger partial charge is 0.317 e. The third-order valence-electron chi connectivity index (χ3n) is 5.86. The fraction of sp³-hybridized carbons (Fsp3) is 0.409. The van der Waals surface area contributed by atoms with E-state index in [1.165, 1.54) is 36.8 Å². The minimum Gasteiger partial charge on any atom is -0.317 e. The molecule has 2 saturated carbocycles. The molecule has 2 aromatic rings. The van der Waals surface area contributed by atoms with Crippen LogP contribution in [0.15, 0.2) is 54.6 Å². The Hall–Kier alpha value is -2.29. The Morgan fingerprint density at radius 2 is 1.80 bits per heavy atom. The number of amides is 2. The Balaban J connectivity index is 1.54. The molecular formula is C22H26N2O. The van der Waals surface area contributed by atoms with E-state index in [0.717, 1.165) is 11.6 Å². The lowest BCUT2D eigenvalue weighted by molar-refractivity contribution is 0.154. The average molecular weight is 334 g/mol. The maximum atomic E-state index is 13.1. The van der Waals surface area contributed by atoms with Crippen molar-refractivity contribution in [2.24, 2.45) is 11.8 Å². The number of hydrogen-bond donors (Lipinski definition) is 1. The van der Waals surface area contributed by atoms with Crippen molar-refractivity contribution >= 4 is 11.7 Å². The van der Waals surface area contributed by atoms with Crippen LogP contribution in [0.3, 0.4) is 0 Å². The van der Waals surface area contributed by atoms with E-state index in [1.807, 2.05) is 30.3 Å². The van der Waals surface area contributed by atoms with Crippen LogP contribution in [0.5, 0.6) is 0 Å². The zero-order valence-corrected chi connectivity index (χ0v) is 14.8. The van der Waals surface area contributed by atoms with Gasteiger partial charge < -0.3 is 10.2 Å². The van der Waals surface area contributed by atoms with E-state index in [4.69, 9.17) is 0 Å². The number of nitrogens with one attached hydrogen (secondary N) is 1. The second kappa shape index (κ2) is 6.91. The lowest BCUT2D eigenvalue weighted by Crippen LogP contribution is -2.45. The standard InChI is InChI=1S/C22H26N2O/c1-16-7-9-17(10-8-16)15-24(21-14-18-11-12-19(21)13-18)22(25)23-20-5-3-2-4-6-20/h2-10,18-19,21H,11-15H2,1H3,(H,23,25). The maximum absolute atomic E-state index is 13.1. The van der Waals surface area contributed by atoms with Crippen LogP contribution < -0.4 is 5.32 Å². The number of rotatable bonds is 4. The van der Waals surface area contributed by atoms with Crippen LogP contribution in [-0.4, -0.2) is 17.0 Å². The molecule has 3 unspecified atom stereocenters. The molecular weight excluding hydrogens is 308 g/mol. The van der Waals surface area contributed by atoms with Gasteiger partial charge in [-0.2, -0.15) is 0 Å². The predicted octanol–water partition coefficient (Wildman–Crippen LogP) is 5.22. The molecule has 2 bridgehead atoms. The third kappa shape index (κ3) is 3.55. The summed E-state index contributed by atoms with van der Waals surface area (Å²) in [6.07, 6.45) is 5.09. The highest BCUT2D eigenvalue weighted by Crippen LogP contribution is 2.47. The summed E-state index contributed by atoms with van der Waals surface area (Å²) in [6.45, 7) is 2.78. The van der Waals surface area contributed by atoms with E-state index in [1.54, 1.807) is 0 Å². The number of aryl methyl sites for hydroxylation is 1. The van der Waals surface area contributed by atoms with Gasteiger partial charge in [0, 0.05) is 18.3 Å². The van der Waals surface area contributed by atoms with E-state index in [9.17, 15) is 4.79 Å². The van der Waals surface area contributed by atoms with E-state index in [-0.39, 0.29) is 6.03 Å². The highest BCUT2D eigenvalue weighted by Gasteiger charge is 2.43. The molecule has 3 atom stereocenters. The number of fused-ring (bicyclic) bond motifs is 2. The van der Waals surface area contributed by atoms with Gasteiger partial charge in [0.25, 0.3) is 0 Å². The van der Waals surface area contributed by atoms with Crippen LogP contribution in [0.4, 0.5) is 10.5 Å². The normalized spacial score (nSPS) is 24.3. The first kappa shape index (κ1) is 16.2. The number of carbonyl (C=O) groups is 1. The molecule has 2 aliphatic carbocycles. The summed E-state index contributed by atoms with van der Waals surface area (Å²) >= 11 is 0. The van der Waals surface area contributed by atoms with Crippen molar-refractivity contribution in [3.63, 3.8) is 0 Å². The number of carbonyl (C=O) groups excluding carboxylic acids is 1. The molecule has 0 radical (unpaired) electrons. The topological polar surface area (TPSA) is 32.3 Å². The molecule has 2 aromatic carbocycles. The van der Waals surface area contributed by atoms with E-state index in [0.29, 0.717) is 18.5 Å². The molecule has 0 spiro atoms. The first-order valence-electron chi connectivity index (χ1n) is 9.37. The minimum atomic E-state index is 0.0318. The monoisotopic (exact) mass is 334 g/mol. The lowest BCUT2D eigenvalue weighted by Gasteiger charge is -2.35. The van der Waals surface area contributed by atoms with E-state index < -0.39 is 0 Å². The molecule has 0 aliphatic heterocycles. The van der Waals surface area contributed by atoms with Gasteiger partial charge in [-0.05, 0) is 55.7 Å². The quantitative estimate of drug-likeness (QED) is 0.817. The number of hydrogen-bond acceptors (Lipinski definition) is 1. The Bertz CT molecular complexity index is 725. The largest absolute Gasteiger partial charge is 0.322 e. The van der Waals surface area contributed by atoms with Gasteiger partial charge in [0.2, 0.25) is 0 Å². The van der Waals surface area contributed by atoms with Crippen LogP contribution in [0.1, 0.15) is 36.8 Å². The molecule has 0 heterocycles. The second-order valence-electron chi connectivity index (χ2n) is 7.65. The van der Waals surface area contributed by atoms with Crippen molar-refractivity contribution in [2.45, 2.75) is 45.2 Å². The molecule has 3 nitrogen and oxygen atoms in total. The Morgan fingerprint density at radius 3 is 2.44 bits per heavy atom. The van der Waals surface area contributed by atoms with Gasteiger partial charge in [0.15, 0.2) is 0 Å². The summed E-state index contributed by atoms with van der Waals surface area (Å²) in [5.41, 5.74) is 3.32. The highest BCUT2D eigenvalue weighted by molar-refractivity contribution is 5.89. The maximum Gasteiger partial charge on any atom is 0.322 e. The second-order valence-corrected chi connectivity index (χ2v) is 7.65. The number of anilines is 1. The van der Waals surface area contributed by atoms with Gasteiger partial charge in [-0.25, -0.2) is 4.79 Å². The Kier molecular flexibility index (Phi) is 4.48. The lowest BCUT2D eigenvalue weighted by atomic mass is 9.93. The van der Waals surface area contributed by atoms with Gasteiger partial charge in [-0.15, -0.1) is 0 Å². The predicted molar refractivity (Wildman–Crippen MR) is 101 cm³/mol. The molecule has 0 aromatic heterocycles. The number of benzene rings is 2. The average Bonchev–Trinajstić information content (AvgIpc) is 3.25. The van der Waals surface area contributed by atoms with Crippen molar-refractivity contribution in [3.05, 3.63) is 65.7 Å². The van der Waals surface area contributed by atoms with Crippen LogP contribution in [-0.2, 0) is 6.54 Å². The molecule has 2 amide bonds. The van der Waals surface area contributed by atoms with Gasteiger partial charge in [0.1, 0.15) is 0 Å². The van der Waals surface area contributed by atoms with E-state index in [2.05, 4.69) is 41.4 Å². The molecule has 2 aliphatic rings. The van der Waals surface area contributed by atoms with E-state index >= 15 is 0 Å². The number of para-hydroxylation sites is 1. The van der Waals surface area contributed by atoms with Crippen molar-refractivity contribution in [3.8, 4) is 0 Å². The van der Waals surface area contributed by atoms with Crippen molar-refractivity contribution in [1.82, 2.24) is 4.90 Å². The SMILES string of the molecule is Cc1ccc(CN(C(=O)Nc2ccccc2)C2CC3CCC2C3)cc1. The number of nitrogens with zero attached hydrogens (tertiary/aromatic N) is 1. The molecule has 130 valence electrons. The molecule has 1 N–H and O–H groups in total. The molecule has 25 heavy (non-hydrogen) atoms. The number of urea groups is 1. The molecule has 0 saturated heterocycles. The first-order valence-corrected chi connectivity index (χ1v) is 9.37. The van der Waals surface area contributed by atoms with Gasteiger partial charge >= 0.3 is 6.03 Å². The summed E-state index contributed by atoms with van der Waals surface area (Å²) in [7, 11) is 0. The summed E-state index contributed by atoms with van der Waals surface area (Å²) in [6, 6.07) is 18.7. The zero-order chi connectivity index (χ0) is 17.2. The van der Waals surface area contributed by atoms with Crippen LogP contribution in [0, 0.1) is 18.8 Å². The summed E-state index contributed by atoms with van der Waals surface area (Å²) in [5.74, 6) is 1.50. The van der Waals surface area contributed by atoms with Gasteiger partial charge in [-0.1, -0.05) is 54.4 Å². The van der Waals surface area contributed by atoms with Crippen molar-refractivity contribution in [2.75, 3.05) is 5.32 Å². The van der Waals surface area contributed by atoms with Gasteiger partial charge in [-0.3, -0.25) is 0 Å². The molecule has 4 rings (SSSR count). The first-order chi connectivity index (χ1) is 12.2. The van der Waals surface area contributed by atoms with Gasteiger partial charge in [0.05, 0.1) is 0 Å². The van der Waals surface area contributed by atoms with Crippen molar-refractivity contribution < 1.29 is 4.79 Å². The summed E-state index contributed by atoms with van der Waals surface area (Å²) in [4.78, 5) is 15.1. The third-order valence-corrected chi connectivity index (χ3v) is 5.86.